The van der Waals surface area contributed by atoms with E-state index in [0.29, 0.717) is 13.0 Å². The first-order valence-corrected chi connectivity index (χ1v) is 6.70. The van der Waals surface area contributed by atoms with Crippen LogP contribution in [0.1, 0.15) is 37.3 Å². The van der Waals surface area contributed by atoms with E-state index in [4.69, 9.17) is 5.73 Å². The van der Waals surface area contributed by atoms with Gasteiger partial charge in [-0.1, -0.05) is 31.2 Å². The maximum absolute atomic E-state index is 11.6. The quantitative estimate of drug-likeness (QED) is 0.777. The monoisotopic (exact) mass is 248 g/mol. The van der Waals surface area contributed by atoms with Crippen LogP contribution in [-0.2, 0) is 11.2 Å². The van der Waals surface area contributed by atoms with Gasteiger partial charge in [0.2, 0.25) is 5.91 Å². The molecular weight excluding hydrogens is 224 g/mol. The lowest BCUT2D eigenvalue weighted by Gasteiger charge is -2.10. The topological polar surface area (TPSA) is 55.1 Å². The van der Waals surface area contributed by atoms with E-state index in [1.165, 1.54) is 11.1 Å². The Hall–Kier alpha value is -1.35. The Balaban J connectivity index is 2.23. The van der Waals surface area contributed by atoms with E-state index in [1.54, 1.807) is 0 Å². The number of carbonyl (C=O) groups is 1. The summed E-state index contributed by atoms with van der Waals surface area (Å²) in [4.78, 5) is 11.6. The minimum Gasteiger partial charge on any atom is -0.356 e. The Bertz CT molecular complexity index is 377. The Morgan fingerprint density at radius 3 is 2.78 bits per heavy atom. The fourth-order valence-electron chi connectivity index (χ4n) is 1.83. The van der Waals surface area contributed by atoms with Crippen LogP contribution in [0.3, 0.4) is 0 Å². The Labute approximate surface area is 110 Å². The predicted molar refractivity (Wildman–Crippen MR) is 75.4 cm³/mol. The van der Waals surface area contributed by atoms with E-state index in [0.717, 1.165) is 19.3 Å². The van der Waals surface area contributed by atoms with Gasteiger partial charge in [0.1, 0.15) is 0 Å². The highest BCUT2D eigenvalue weighted by Crippen LogP contribution is 2.09. The van der Waals surface area contributed by atoms with Crippen molar-refractivity contribution >= 4 is 5.91 Å². The molecule has 0 heterocycles. The fraction of sp³-hybridized carbons (Fsp3) is 0.533. The van der Waals surface area contributed by atoms with Crippen molar-refractivity contribution in [1.29, 1.82) is 0 Å². The second kappa shape index (κ2) is 7.88. The van der Waals surface area contributed by atoms with Gasteiger partial charge < -0.3 is 11.1 Å². The lowest BCUT2D eigenvalue weighted by molar-refractivity contribution is -0.121. The van der Waals surface area contributed by atoms with Crippen LogP contribution in [0.15, 0.2) is 24.3 Å². The molecule has 3 heteroatoms. The number of carbonyl (C=O) groups excluding carboxylic acids is 1. The van der Waals surface area contributed by atoms with Crippen molar-refractivity contribution in [2.75, 3.05) is 6.54 Å². The number of rotatable bonds is 7. The molecule has 0 aliphatic heterocycles. The summed E-state index contributed by atoms with van der Waals surface area (Å²) in [6, 6.07) is 8.39. The summed E-state index contributed by atoms with van der Waals surface area (Å²) in [7, 11) is 0. The van der Waals surface area contributed by atoms with Crippen molar-refractivity contribution in [3.8, 4) is 0 Å². The average molecular weight is 248 g/mol. The number of nitrogens with two attached hydrogens (primary N) is 1. The zero-order valence-electron chi connectivity index (χ0n) is 11.4. The largest absolute Gasteiger partial charge is 0.356 e. The molecule has 0 fully saturated rings. The highest BCUT2D eigenvalue weighted by atomic mass is 16.1. The molecular formula is C15H24N2O. The van der Waals surface area contributed by atoms with Gasteiger partial charge in [0, 0.05) is 19.0 Å². The summed E-state index contributed by atoms with van der Waals surface area (Å²) in [5.74, 6) is 0.113. The zero-order valence-corrected chi connectivity index (χ0v) is 11.4. The van der Waals surface area contributed by atoms with E-state index in [1.807, 2.05) is 12.1 Å². The van der Waals surface area contributed by atoms with Gasteiger partial charge in [0.15, 0.2) is 0 Å². The first kappa shape index (κ1) is 14.7. The molecule has 1 amide bonds. The molecule has 1 aromatic carbocycles. The number of nitrogens with one attached hydrogen (secondary N) is 1. The van der Waals surface area contributed by atoms with Crippen LogP contribution in [-0.4, -0.2) is 18.5 Å². The molecule has 100 valence electrons. The molecule has 1 atom stereocenters. The van der Waals surface area contributed by atoms with Gasteiger partial charge >= 0.3 is 0 Å². The molecule has 0 bridgehead atoms. The number of amides is 1. The van der Waals surface area contributed by atoms with E-state index in [-0.39, 0.29) is 11.9 Å². The van der Waals surface area contributed by atoms with E-state index >= 15 is 0 Å². The average Bonchev–Trinajstić information content (AvgIpc) is 2.37. The molecule has 0 aromatic heterocycles. The zero-order chi connectivity index (χ0) is 13.4. The van der Waals surface area contributed by atoms with Crippen LogP contribution in [0.25, 0.3) is 0 Å². The van der Waals surface area contributed by atoms with Crippen molar-refractivity contribution < 1.29 is 4.79 Å². The van der Waals surface area contributed by atoms with Crippen LogP contribution in [0, 0.1) is 6.92 Å². The maximum Gasteiger partial charge on any atom is 0.220 e. The van der Waals surface area contributed by atoms with Crippen LogP contribution in [0.2, 0.25) is 0 Å². The molecule has 3 nitrogen and oxygen atoms in total. The summed E-state index contributed by atoms with van der Waals surface area (Å²) >= 11 is 0. The highest BCUT2D eigenvalue weighted by Gasteiger charge is 2.04. The van der Waals surface area contributed by atoms with Crippen molar-refractivity contribution in [2.45, 2.75) is 45.6 Å². The van der Waals surface area contributed by atoms with Gasteiger partial charge in [-0.3, -0.25) is 4.79 Å². The molecule has 0 spiro atoms. The van der Waals surface area contributed by atoms with Gasteiger partial charge in [-0.25, -0.2) is 0 Å². The molecule has 0 saturated carbocycles. The Morgan fingerprint density at radius 1 is 1.39 bits per heavy atom. The van der Waals surface area contributed by atoms with Crippen molar-refractivity contribution in [1.82, 2.24) is 5.32 Å². The normalized spacial score (nSPS) is 12.2. The number of hydrogen-bond acceptors (Lipinski definition) is 2. The van der Waals surface area contributed by atoms with Crippen LogP contribution in [0.5, 0.6) is 0 Å². The van der Waals surface area contributed by atoms with Gasteiger partial charge in [-0.15, -0.1) is 0 Å². The third kappa shape index (κ3) is 5.32. The smallest absolute Gasteiger partial charge is 0.220 e. The minimum atomic E-state index is 0.113. The summed E-state index contributed by atoms with van der Waals surface area (Å²) in [5.41, 5.74) is 8.29. The first-order valence-electron chi connectivity index (χ1n) is 6.70. The predicted octanol–water partition coefficient (Wildman–Crippen LogP) is 2.17. The van der Waals surface area contributed by atoms with Crippen LogP contribution >= 0.6 is 0 Å². The molecule has 1 rings (SSSR count). The molecule has 0 saturated heterocycles. The van der Waals surface area contributed by atoms with Gasteiger partial charge in [0.05, 0.1) is 0 Å². The molecule has 0 aliphatic carbocycles. The van der Waals surface area contributed by atoms with Crippen molar-refractivity contribution in [2.24, 2.45) is 5.73 Å². The summed E-state index contributed by atoms with van der Waals surface area (Å²) in [6.45, 7) is 4.82. The molecule has 3 N–H and O–H groups in total. The second-order valence-electron chi connectivity index (χ2n) is 4.73. The Kier molecular flexibility index (Phi) is 6.44. The molecule has 18 heavy (non-hydrogen) atoms. The highest BCUT2D eigenvalue weighted by molar-refractivity contribution is 5.76. The molecule has 1 unspecified atom stereocenters. The number of benzene rings is 1. The van der Waals surface area contributed by atoms with E-state index in [2.05, 4.69) is 31.3 Å². The van der Waals surface area contributed by atoms with Gasteiger partial charge in [0.25, 0.3) is 0 Å². The summed E-state index contributed by atoms with van der Waals surface area (Å²) in [5, 5.41) is 2.92. The lowest BCUT2D eigenvalue weighted by Crippen LogP contribution is -2.30. The lowest BCUT2D eigenvalue weighted by atomic mass is 10.0. The van der Waals surface area contributed by atoms with Gasteiger partial charge in [-0.05, 0) is 37.3 Å². The standard InChI is InChI=1S/C15H24N2O/c1-3-14(16)10-11-17-15(18)9-8-13-7-5-4-6-12(13)2/h4-7,14H,3,8-11,16H2,1-2H3,(H,17,18). The number of aryl methyl sites for hydroxylation is 2. The first-order chi connectivity index (χ1) is 8.63. The fourth-order valence-corrected chi connectivity index (χ4v) is 1.83. The number of hydrogen-bond donors (Lipinski definition) is 2. The maximum atomic E-state index is 11.6. The van der Waals surface area contributed by atoms with Crippen LogP contribution in [0.4, 0.5) is 0 Å². The van der Waals surface area contributed by atoms with Crippen molar-refractivity contribution in [3.63, 3.8) is 0 Å². The second-order valence-corrected chi connectivity index (χ2v) is 4.73. The third-order valence-electron chi connectivity index (χ3n) is 3.24. The van der Waals surface area contributed by atoms with Gasteiger partial charge in [-0.2, -0.15) is 0 Å². The Morgan fingerprint density at radius 2 is 2.11 bits per heavy atom. The molecule has 1 aromatic rings. The molecule has 0 radical (unpaired) electrons. The van der Waals surface area contributed by atoms with Crippen molar-refractivity contribution in [3.05, 3.63) is 35.4 Å². The van der Waals surface area contributed by atoms with E-state index < -0.39 is 0 Å². The SMILES string of the molecule is CCC(N)CCNC(=O)CCc1ccccc1C. The summed E-state index contributed by atoms with van der Waals surface area (Å²) in [6.07, 6.45) is 3.16. The minimum absolute atomic E-state index is 0.113. The molecule has 0 aliphatic rings. The summed E-state index contributed by atoms with van der Waals surface area (Å²) < 4.78 is 0. The van der Waals surface area contributed by atoms with E-state index in [9.17, 15) is 4.79 Å². The van der Waals surface area contributed by atoms with Crippen LogP contribution < -0.4 is 11.1 Å². The third-order valence-corrected chi connectivity index (χ3v) is 3.24.